The minimum atomic E-state index is 0.978. The summed E-state index contributed by atoms with van der Waals surface area (Å²) in [6, 6.07) is 8.28. The molecule has 0 bridgehead atoms. The number of hydrogen-bond donors (Lipinski definition) is 0. The van der Waals surface area contributed by atoms with Crippen LogP contribution in [0.1, 0.15) is 12.5 Å². The van der Waals surface area contributed by atoms with Crippen LogP contribution in [-0.4, -0.2) is 17.8 Å². The molecule has 0 atom stereocenters. The zero-order valence-electron chi connectivity index (χ0n) is 7.41. The summed E-state index contributed by atoms with van der Waals surface area (Å²) in [6.45, 7) is 3.02. The maximum atomic E-state index is 4.47. The van der Waals surface area contributed by atoms with Gasteiger partial charge in [-0.25, -0.2) is 4.99 Å². The van der Waals surface area contributed by atoms with Gasteiger partial charge in [0.2, 0.25) is 0 Å². The lowest BCUT2D eigenvalue weighted by Crippen LogP contribution is -2.26. The summed E-state index contributed by atoms with van der Waals surface area (Å²) in [6.07, 6.45) is 0. The summed E-state index contributed by atoms with van der Waals surface area (Å²) in [7, 11) is 2.06. The number of benzene rings is 1. The third-order valence-corrected chi connectivity index (χ3v) is 2.23. The Kier molecular flexibility index (Phi) is 1.61. The van der Waals surface area contributed by atoms with Crippen molar-refractivity contribution >= 4 is 11.5 Å². The fraction of sp³-hybridized carbons (Fsp3) is 0.300. The van der Waals surface area contributed by atoms with Gasteiger partial charge in [0, 0.05) is 13.6 Å². The van der Waals surface area contributed by atoms with Crippen LogP contribution in [0.4, 0.5) is 5.69 Å². The SMILES string of the molecule is CC1=Nc2ccccc2CN1C. The summed E-state index contributed by atoms with van der Waals surface area (Å²) in [5.74, 6) is 1.09. The van der Waals surface area contributed by atoms with E-state index in [2.05, 4.69) is 35.1 Å². The van der Waals surface area contributed by atoms with Gasteiger partial charge in [-0.3, -0.25) is 0 Å². The van der Waals surface area contributed by atoms with E-state index in [-0.39, 0.29) is 0 Å². The largest absolute Gasteiger partial charge is 0.359 e. The Hall–Kier alpha value is -1.31. The van der Waals surface area contributed by atoms with Gasteiger partial charge in [0.1, 0.15) is 5.84 Å². The van der Waals surface area contributed by atoms with Crippen LogP contribution in [0.5, 0.6) is 0 Å². The number of rotatable bonds is 0. The van der Waals surface area contributed by atoms with E-state index < -0.39 is 0 Å². The number of para-hydroxylation sites is 1. The van der Waals surface area contributed by atoms with Crippen LogP contribution in [0.3, 0.4) is 0 Å². The van der Waals surface area contributed by atoms with Gasteiger partial charge in [-0.2, -0.15) is 0 Å². The molecular formula is C10H12N2. The average Bonchev–Trinajstić information content (AvgIpc) is 2.07. The van der Waals surface area contributed by atoms with Gasteiger partial charge < -0.3 is 4.90 Å². The number of hydrogen-bond acceptors (Lipinski definition) is 2. The molecule has 0 aromatic heterocycles. The molecule has 0 saturated heterocycles. The van der Waals surface area contributed by atoms with Gasteiger partial charge in [-0.05, 0) is 18.6 Å². The molecule has 2 heteroatoms. The zero-order valence-corrected chi connectivity index (χ0v) is 7.41. The van der Waals surface area contributed by atoms with Crippen LogP contribution in [0.25, 0.3) is 0 Å². The van der Waals surface area contributed by atoms with Crippen molar-refractivity contribution in [2.24, 2.45) is 4.99 Å². The van der Waals surface area contributed by atoms with Crippen LogP contribution in [0.15, 0.2) is 29.3 Å². The highest BCUT2D eigenvalue weighted by atomic mass is 15.2. The number of amidine groups is 1. The molecule has 62 valence electrons. The minimum Gasteiger partial charge on any atom is -0.359 e. The fourth-order valence-electron chi connectivity index (χ4n) is 1.38. The van der Waals surface area contributed by atoms with E-state index in [1.165, 1.54) is 5.56 Å². The fourth-order valence-corrected chi connectivity index (χ4v) is 1.38. The molecule has 1 aromatic carbocycles. The molecule has 12 heavy (non-hydrogen) atoms. The average molecular weight is 160 g/mol. The first-order valence-corrected chi connectivity index (χ1v) is 4.12. The molecule has 0 aliphatic carbocycles. The second-order valence-electron chi connectivity index (χ2n) is 3.14. The molecule has 0 spiro atoms. The van der Waals surface area contributed by atoms with Gasteiger partial charge >= 0.3 is 0 Å². The number of aliphatic imine (C=N–C) groups is 1. The monoisotopic (exact) mass is 160 g/mol. The predicted octanol–water partition coefficient (Wildman–Crippen LogP) is 2.18. The Morgan fingerprint density at radius 3 is 2.92 bits per heavy atom. The summed E-state index contributed by atoms with van der Waals surface area (Å²) in [5.41, 5.74) is 2.43. The maximum Gasteiger partial charge on any atom is 0.102 e. The molecule has 1 aromatic rings. The minimum absolute atomic E-state index is 0.978. The van der Waals surface area contributed by atoms with E-state index in [0.717, 1.165) is 18.1 Å². The molecule has 2 rings (SSSR count). The molecule has 0 fully saturated rings. The second kappa shape index (κ2) is 2.63. The van der Waals surface area contributed by atoms with E-state index in [1.807, 2.05) is 13.0 Å². The van der Waals surface area contributed by atoms with Crippen LogP contribution in [-0.2, 0) is 6.54 Å². The van der Waals surface area contributed by atoms with Crippen molar-refractivity contribution in [3.8, 4) is 0 Å². The lowest BCUT2D eigenvalue weighted by Gasteiger charge is -2.24. The Bertz CT molecular complexity index is 328. The molecule has 0 amide bonds. The topological polar surface area (TPSA) is 15.6 Å². The first-order valence-electron chi connectivity index (χ1n) is 4.12. The first-order chi connectivity index (χ1) is 5.77. The van der Waals surface area contributed by atoms with Crippen molar-refractivity contribution in [2.45, 2.75) is 13.5 Å². The van der Waals surface area contributed by atoms with Crippen LogP contribution >= 0.6 is 0 Å². The summed E-state index contributed by atoms with van der Waals surface area (Å²) >= 11 is 0. The molecule has 1 aliphatic heterocycles. The Morgan fingerprint density at radius 1 is 1.33 bits per heavy atom. The number of nitrogens with zero attached hydrogens (tertiary/aromatic N) is 2. The van der Waals surface area contributed by atoms with Crippen LogP contribution < -0.4 is 0 Å². The van der Waals surface area contributed by atoms with Crippen molar-refractivity contribution in [3.63, 3.8) is 0 Å². The molecule has 1 aliphatic rings. The highest BCUT2D eigenvalue weighted by Crippen LogP contribution is 2.24. The highest BCUT2D eigenvalue weighted by Gasteiger charge is 2.11. The first kappa shape index (κ1) is 7.35. The van der Waals surface area contributed by atoms with Gasteiger partial charge in [-0.1, -0.05) is 18.2 Å². The smallest absolute Gasteiger partial charge is 0.102 e. The molecular weight excluding hydrogens is 148 g/mol. The molecule has 0 radical (unpaired) electrons. The lowest BCUT2D eigenvalue weighted by atomic mass is 10.1. The Balaban J connectivity index is 2.49. The summed E-state index contributed by atoms with van der Waals surface area (Å²) in [5, 5.41) is 0. The van der Waals surface area contributed by atoms with E-state index in [1.54, 1.807) is 0 Å². The molecule has 2 nitrogen and oxygen atoms in total. The van der Waals surface area contributed by atoms with E-state index in [9.17, 15) is 0 Å². The Morgan fingerprint density at radius 2 is 2.08 bits per heavy atom. The zero-order chi connectivity index (χ0) is 8.55. The lowest BCUT2D eigenvalue weighted by molar-refractivity contribution is 0.490. The van der Waals surface area contributed by atoms with Crippen molar-refractivity contribution in [2.75, 3.05) is 7.05 Å². The molecule has 1 heterocycles. The predicted molar refractivity (Wildman–Crippen MR) is 50.7 cm³/mol. The quantitative estimate of drug-likeness (QED) is 0.568. The maximum absolute atomic E-state index is 4.47. The van der Waals surface area contributed by atoms with Gasteiger partial charge in [0.05, 0.1) is 5.69 Å². The third-order valence-electron chi connectivity index (χ3n) is 2.23. The van der Waals surface area contributed by atoms with Crippen molar-refractivity contribution in [3.05, 3.63) is 29.8 Å². The van der Waals surface area contributed by atoms with Gasteiger partial charge in [0.25, 0.3) is 0 Å². The van der Waals surface area contributed by atoms with Crippen molar-refractivity contribution < 1.29 is 0 Å². The van der Waals surface area contributed by atoms with Crippen LogP contribution in [0, 0.1) is 0 Å². The van der Waals surface area contributed by atoms with E-state index in [0.29, 0.717) is 0 Å². The van der Waals surface area contributed by atoms with Crippen molar-refractivity contribution in [1.82, 2.24) is 4.90 Å². The van der Waals surface area contributed by atoms with Gasteiger partial charge in [0.15, 0.2) is 0 Å². The van der Waals surface area contributed by atoms with Crippen molar-refractivity contribution in [1.29, 1.82) is 0 Å². The van der Waals surface area contributed by atoms with E-state index in [4.69, 9.17) is 0 Å². The van der Waals surface area contributed by atoms with E-state index >= 15 is 0 Å². The van der Waals surface area contributed by atoms with Crippen LogP contribution in [0.2, 0.25) is 0 Å². The summed E-state index contributed by atoms with van der Waals surface area (Å²) in [4.78, 5) is 6.62. The molecule has 0 unspecified atom stereocenters. The molecule has 0 N–H and O–H groups in total. The summed E-state index contributed by atoms with van der Waals surface area (Å²) < 4.78 is 0. The molecule has 0 saturated carbocycles. The normalized spacial score (nSPS) is 15.5. The van der Waals surface area contributed by atoms with Gasteiger partial charge in [-0.15, -0.1) is 0 Å². The third kappa shape index (κ3) is 1.09. The second-order valence-corrected chi connectivity index (χ2v) is 3.14. The highest BCUT2D eigenvalue weighted by molar-refractivity contribution is 5.84. The Labute approximate surface area is 72.5 Å². The standard InChI is InChI=1S/C10H12N2/c1-8-11-10-6-4-3-5-9(10)7-12(8)2/h3-6H,7H2,1-2H3. The number of fused-ring (bicyclic) bond motifs is 1.